The van der Waals surface area contributed by atoms with Crippen molar-refractivity contribution < 1.29 is 22.7 Å². The van der Waals surface area contributed by atoms with Gasteiger partial charge in [-0.25, -0.2) is 19.4 Å². The fourth-order valence-corrected chi connectivity index (χ4v) is 6.00. The van der Waals surface area contributed by atoms with Gasteiger partial charge in [0.15, 0.2) is 11.3 Å². The maximum Gasteiger partial charge on any atom is 0.437 e. The van der Waals surface area contributed by atoms with E-state index in [-0.39, 0.29) is 17.8 Å². The Labute approximate surface area is 233 Å². The summed E-state index contributed by atoms with van der Waals surface area (Å²) in [5.41, 5.74) is 4.26. The molecule has 1 amide bonds. The highest BCUT2D eigenvalue weighted by Gasteiger charge is 2.40. The van der Waals surface area contributed by atoms with Gasteiger partial charge in [-0.05, 0) is 55.8 Å². The first-order chi connectivity index (χ1) is 18.5. The summed E-state index contributed by atoms with van der Waals surface area (Å²) in [5, 5.41) is 4.64. The van der Waals surface area contributed by atoms with Crippen LogP contribution in [-0.4, -0.2) is 70.1 Å². The lowest BCUT2D eigenvalue weighted by Gasteiger charge is -2.47. The van der Waals surface area contributed by atoms with E-state index in [1.54, 1.807) is 25.1 Å². The Morgan fingerprint density at radius 2 is 2.00 bits per heavy atom. The van der Waals surface area contributed by atoms with E-state index in [4.69, 9.17) is 33.7 Å². The number of halogens is 5. The molecule has 5 rings (SSSR count). The number of alkyl halides is 3. The van der Waals surface area contributed by atoms with Crippen molar-refractivity contribution in [2.75, 3.05) is 44.2 Å². The molecule has 210 valence electrons. The van der Waals surface area contributed by atoms with Crippen molar-refractivity contribution in [3.63, 3.8) is 0 Å². The highest BCUT2D eigenvalue weighted by Crippen LogP contribution is 2.38. The number of carbonyl (C=O) groups excluding carboxylic acids is 1. The average molecular weight is 586 g/mol. The molecule has 2 aliphatic rings. The third-order valence-electron chi connectivity index (χ3n) is 7.53. The second-order valence-corrected chi connectivity index (χ2v) is 10.9. The van der Waals surface area contributed by atoms with Gasteiger partial charge in [0.1, 0.15) is 17.9 Å². The summed E-state index contributed by atoms with van der Waals surface area (Å²) < 4.78 is 47.6. The normalized spacial score (nSPS) is 19.7. The van der Waals surface area contributed by atoms with Crippen molar-refractivity contribution in [2.24, 2.45) is 17.6 Å². The third-order valence-corrected chi connectivity index (χ3v) is 8.10. The molecule has 3 aromatic rings. The quantitative estimate of drug-likeness (QED) is 0.416. The first-order valence-electron chi connectivity index (χ1n) is 12.7. The van der Waals surface area contributed by atoms with Crippen LogP contribution in [0.25, 0.3) is 11.2 Å². The molecule has 4 heterocycles. The van der Waals surface area contributed by atoms with E-state index in [1.165, 1.54) is 10.9 Å². The molecule has 2 fully saturated rings. The number of nitrogens with two attached hydrogens (primary N) is 1. The Balaban J connectivity index is 1.34. The molecule has 2 N–H and O–H groups in total. The number of hydrogen-bond acceptors (Lipinski definition) is 7. The molecule has 1 aromatic carbocycles. The molecule has 2 atom stereocenters. The Morgan fingerprint density at radius 1 is 1.23 bits per heavy atom. The van der Waals surface area contributed by atoms with Crippen LogP contribution in [0.4, 0.5) is 23.8 Å². The molecule has 0 bridgehead atoms. The van der Waals surface area contributed by atoms with Crippen LogP contribution in [0, 0.1) is 11.8 Å². The molecule has 9 nitrogen and oxygen atoms in total. The number of likely N-dealkylation sites (tertiary alicyclic amines) is 1. The summed E-state index contributed by atoms with van der Waals surface area (Å²) in [7, 11) is 0. The SMILES string of the molecule is C[C@H](c1ccc(Cl)cc1Cl)n1nc(C(F)(F)F)c2ncc(N3CC([C@H]4CCCN(CCOC(N)=O)C4)C3)nc21. The van der Waals surface area contributed by atoms with Gasteiger partial charge in [-0.1, -0.05) is 29.3 Å². The molecule has 2 aromatic heterocycles. The summed E-state index contributed by atoms with van der Waals surface area (Å²) in [5.74, 6) is 1.39. The van der Waals surface area contributed by atoms with Gasteiger partial charge < -0.3 is 15.4 Å². The van der Waals surface area contributed by atoms with Crippen LogP contribution in [0.5, 0.6) is 0 Å². The molecular weight excluding hydrogens is 558 g/mol. The van der Waals surface area contributed by atoms with Crippen molar-refractivity contribution in [3.05, 3.63) is 45.7 Å². The number of rotatable bonds is 7. The van der Waals surface area contributed by atoms with Gasteiger partial charge in [0.25, 0.3) is 0 Å². The number of fused-ring (bicyclic) bond motifs is 1. The van der Waals surface area contributed by atoms with E-state index in [9.17, 15) is 18.0 Å². The lowest BCUT2D eigenvalue weighted by molar-refractivity contribution is -0.140. The largest absolute Gasteiger partial charge is 0.448 e. The van der Waals surface area contributed by atoms with Crippen molar-refractivity contribution in [1.82, 2.24) is 24.6 Å². The van der Waals surface area contributed by atoms with Crippen molar-refractivity contribution in [3.8, 4) is 0 Å². The molecule has 2 saturated heterocycles. The number of amides is 1. The molecule has 0 radical (unpaired) electrons. The van der Waals surface area contributed by atoms with Crippen molar-refractivity contribution in [2.45, 2.75) is 32.0 Å². The van der Waals surface area contributed by atoms with E-state index in [0.717, 1.165) is 39.0 Å². The zero-order chi connectivity index (χ0) is 27.9. The van der Waals surface area contributed by atoms with Crippen LogP contribution >= 0.6 is 23.2 Å². The Bertz CT molecular complexity index is 1360. The van der Waals surface area contributed by atoms with Crippen molar-refractivity contribution >= 4 is 46.3 Å². The smallest absolute Gasteiger partial charge is 0.437 e. The molecule has 0 aliphatic carbocycles. The van der Waals surface area contributed by atoms with Gasteiger partial charge in [-0.3, -0.25) is 4.90 Å². The standard InChI is InChI=1S/C25H28Cl2F3N7O2/c1-14(18-5-4-17(26)9-19(18)27)37-23-21(22(34-37)25(28,29)30)32-10-20(33-23)36-12-16(13-36)15-3-2-6-35(11-15)7-8-39-24(31)38/h4-5,9-10,14-16H,2-3,6-8,11-13H2,1H3,(H2,31,38)/t14-,15+/m1/s1. The van der Waals surface area contributed by atoms with Gasteiger partial charge in [0.05, 0.1) is 12.2 Å². The van der Waals surface area contributed by atoms with Crippen LogP contribution in [0.2, 0.25) is 10.0 Å². The van der Waals surface area contributed by atoms with E-state index in [1.807, 2.05) is 4.90 Å². The average Bonchev–Trinajstić information content (AvgIpc) is 3.22. The van der Waals surface area contributed by atoms with Crippen molar-refractivity contribution in [1.29, 1.82) is 0 Å². The lowest BCUT2D eigenvalue weighted by Crippen LogP contribution is -2.54. The Kier molecular flexibility index (Phi) is 7.80. The minimum atomic E-state index is -4.69. The number of anilines is 1. The maximum atomic E-state index is 13.8. The molecule has 39 heavy (non-hydrogen) atoms. The van der Waals surface area contributed by atoms with Crippen LogP contribution < -0.4 is 10.6 Å². The van der Waals surface area contributed by atoms with E-state index in [2.05, 4.69) is 20.0 Å². The molecule has 14 heteroatoms. The van der Waals surface area contributed by atoms with E-state index >= 15 is 0 Å². The summed E-state index contributed by atoms with van der Waals surface area (Å²) >= 11 is 12.4. The predicted molar refractivity (Wildman–Crippen MR) is 141 cm³/mol. The minimum absolute atomic E-state index is 0.0417. The Hall–Kier alpha value is -2.83. The molecule has 0 unspecified atom stereocenters. The fourth-order valence-electron chi connectivity index (χ4n) is 5.44. The van der Waals surface area contributed by atoms with Gasteiger partial charge in [-0.15, -0.1) is 0 Å². The second kappa shape index (κ2) is 11.0. The number of primary amides is 1. The summed E-state index contributed by atoms with van der Waals surface area (Å²) in [6.07, 6.45) is -1.94. The topological polar surface area (TPSA) is 102 Å². The number of ether oxygens (including phenoxy) is 1. The van der Waals surface area contributed by atoms with Crippen LogP contribution in [-0.2, 0) is 10.9 Å². The monoisotopic (exact) mass is 585 g/mol. The second-order valence-electron chi connectivity index (χ2n) is 10.1. The van der Waals surface area contributed by atoms with Crippen LogP contribution in [0.15, 0.2) is 24.4 Å². The third kappa shape index (κ3) is 5.87. The van der Waals surface area contributed by atoms with Gasteiger partial charge >= 0.3 is 12.3 Å². The highest BCUT2D eigenvalue weighted by atomic mass is 35.5. The Morgan fingerprint density at radius 3 is 2.69 bits per heavy atom. The zero-order valence-corrected chi connectivity index (χ0v) is 22.7. The zero-order valence-electron chi connectivity index (χ0n) is 21.2. The molecule has 0 saturated carbocycles. The number of nitrogens with zero attached hydrogens (tertiary/aromatic N) is 6. The number of aromatic nitrogens is 4. The molecule has 0 spiro atoms. The molecular formula is C25H28Cl2F3N7O2. The number of piperidine rings is 1. The summed E-state index contributed by atoms with van der Waals surface area (Å²) in [6, 6.07) is 4.19. The minimum Gasteiger partial charge on any atom is -0.448 e. The summed E-state index contributed by atoms with van der Waals surface area (Å²) in [4.78, 5) is 23.9. The number of carbonyl (C=O) groups is 1. The maximum absolute atomic E-state index is 13.8. The number of benzene rings is 1. The predicted octanol–water partition coefficient (Wildman–Crippen LogP) is 5.00. The lowest BCUT2D eigenvalue weighted by atomic mass is 9.80. The number of hydrogen-bond donors (Lipinski definition) is 1. The van der Waals surface area contributed by atoms with Gasteiger partial charge in [0.2, 0.25) is 0 Å². The fraction of sp³-hybridized carbons (Fsp3) is 0.520. The van der Waals surface area contributed by atoms with Gasteiger partial charge in [0, 0.05) is 36.2 Å². The first-order valence-corrected chi connectivity index (χ1v) is 13.4. The van der Waals surface area contributed by atoms with E-state index < -0.39 is 24.0 Å². The molecule has 2 aliphatic heterocycles. The van der Waals surface area contributed by atoms with Crippen LogP contribution in [0.1, 0.15) is 37.1 Å². The highest BCUT2D eigenvalue weighted by molar-refractivity contribution is 6.35. The van der Waals surface area contributed by atoms with Gasteiger partial charge in [-0.2, -0.15) is 18.3 Å². The summed E-state index contributed by atoms with van der Waals surface area (Å²) in [6.45, 7) is 5.91. The first kappa shape index (κ1) is 27.7. The van der Waals surface area contributed by atoms with Crippen LogP contribution in [0.3, 0.4) is 0 Å². The van der Waals surface area contributed by atoms with E-state index in [0.29, 0.717) is 39.8 Å².